The zero-order valence-corrected chi connectivity index (χ0v) is 12.0. The van der Waals surface area contributed by atoms with Crippen LogP contribution >= 0.6 is 0 Å². The van der Waals surface area contributed by atoms with Gasteiger partial charge in [-0.1, -0.05) is 0 Å². The number of likely N-dealkylation sites (tertiary alicyclic amines) is 1. The topological polar surface area (TPSA) is 72.3 Å². The minimum absolute atomic E-state index is 0.576. The SMILES string of the molecule is NC(=NCc1ccnc(-n2ccnc2)c1)N1CCCCC1. The van der Waals surface area contributed by atoms with Gasteiger partial charge in [-0.2, -0.15) is 0 Å². The Morgan fingerprint density at radius 3 is 2.86 bits per heavy atom. The van der Waals surface area contributed by atoms with Crippen LogP contribution in [-0.2, 0) is 6.54 Å². The fourth-order valence-electron chi connectivity index (χ4n) is 2.49. The average Bonchev–Trinajstić information content (AvgIpc) is 3.08. The Balaban J connectivity index is 1.68. The predicted octanol–water partition coefficient (Wildman–Crippen LogP) is 1.57. The van der Waals surface area contributed by atoms with Crippen LogP contribution in [0.2, 0.25) is 0 Å². The molecule has 6 nitrogen and oxygen atoms in total. The summed E-state index contributed by atoms with van der Waals surface area (Å²) in [5.41, 5.74) is 7.17. The van der Waals surface area contributed by atoms with E-state index in [1.807, 2.05) is 22.9 Å². The van der Waals surface area contributed by atoms with Crippen LogP contribution in [0.15, 0.2) is 42.0 Å². The van der Waals surface area contributed by atoms with Gasteiger partial charge >= 0.3 is 0 Å². The van der Waals surface area contributed by atoms with Crippen molar-refractivity contribution in [1.82, 2.24) is 19.4 Å². The molecule has 0 atom stereocenters. The summed E-state index contributed by atoms with van der Waals surface area (Å²) in [5, 5.41) is 0. The number of hydrogen-bond donors (Lipinski definition) is 1. The highest BCUT2D eigenvalue weighted by Crippen LogP contribution is 2.10. The summed E-state index contributed by atoms with van der Waals surface area (Å²) in [6, 6.07) is 3.97. The van der Waals surface area contributed by atoms with Crippen LogP contribution in [0.1, 0.15) is 24.8 Å². The summed E-state index contributed by atoms with van der Waals surface area (Å²) in [7, 11) is 0. The molecule has 1 saturated heterocycles. The smallest absolute Gasteiger partial charge is 0.191 e. The molecule has 0 unspecified atom stereocenters. The molecule has 6 heteroatoms. The number of imidazole rings is 1. The lowest BCUT2D eigenvalue weighted by Crippen LogP contribution is -2.40. The standard InChI is InChI=1S/C15H20N6/c16-15(20-7-2-1-3-8-20)19-11-13-4-5-18-14(10-13)21-9-6-17-12-21/h4-6,9-10,12H,1-3,7-8,11H2,(H2,16,19). The summed E-state index contributed by atoms with van der Waals surface area (Å²) in [5.74, 6) is 1.49. The van der Waals surface area contributed by atoms with Crippen molar-refractivity contribution < 1.29 is 0 Å². The van der Waals surface area contributed by atoms with Crippen LogP contribution in [0.3, 0.4) is 0 Å². The van der Waals surface area contributed by atoms with Gasteiger partial charge in [-0.25, -0.2) is 15.0 Å². The summed E-state index contributed by atoms with van der Waals surface area (Å²) in [6.45, 7) is 2.62. The van der Waals surface area contributed by atoms with E-state index in [0.717, 1.165) is 24.5 Å². The molecule has 2 N–H and O–H groups in total. The average molecular weight is 284 g/mol. The van der Waals surface area contributed by atoms with E-state index in [1.54, 1.807) is 18.7 Å². The molecule has 0 amide bonds. The Kier molecular flexibility index (Phi) is 4.14. The fourth-order valence-corrected chi connectivity index (χ4v) is 2.49. The Morgan fingerprint density at radius 1 is 1.24 bits per heavy atom. The van der Waals surface area contributed by atoms with Gasteiger partial charge in [0.1, 0.15) is 12.1 Å². The van der Waals surface area contributed by atoms with Gasteiger partial charge in [-0.05, 0) is 37.0 Å². The summed E-state index contributed by atoms with van der Waals surface area (Å²) >= 11 is 0. The van der Waals surface area contributed by atoms with Crippen molar-refractivity contribution in [1.29, 1.82) is 0 Å². The van der Waals surface area contributed by atoms with Gasteiger partial charge in [0.2, 0.25) is 0 Å². The monoisotopic (exact) mass is 284 g/mol. The second kappa shape index (κ2) is 6.39. The predicted molar refractivity (Wildman–Crippen MR) is 82.1 cm³/mol. The van der Waals surface area contributed by atoms with Crippen molar-refractivity contribution in [3.8, 4) is 5.82 Å². The maximum Gasteiger partial charge on any atom is 0.191 e. The molecule has 0 aromatic carbocycles. The van der Waals surface area contributed by atoms with Gasteiger partial charge in [0.05, 0.1) is 6.54 Å². The lowest BCUT2D eigenvalue weighted by atomic mass is 10.1. The van der Waals surface area contributed by atoms with Crippen LogP contribution in [0.5, 0.6) is 0 Å². The molecule has 0 saturated carbocycles. The third-order valence-corrected chi connectivity index (χ3v) is 3.68. The first-order valence-electron chi connectivity index (χ1n) is 7.31. The third-order valence-electron chi connectivity index (χ3n) is 3.68. The largest absolute Gasteiger partial charge is 0.370 e. The van der Waals surface area contributed by atoms with Gasteiger partial charge < -0.3 is 10.6 Å². The van der Waals surface area contributed by atoms with Gasteiger partial charge in [0.25, 0.3) is 0 Å². The molecule has 0 aliphatic carbocycles. The molecule has 0 radical (unpaired) electrons. The number of aromatic nitrogens is 3. The third kappa shape index (κ3) is 3.39. The molecule has 2 aromatic rings. The van der Waals surface area contributed by atoms with Crippen molar-refractivity contribution in [2.24, 2.45) is 10.7 Å². The fraction of sp³-hybridized carbons (Fsp3) is 0.400. The van der Waals surface area contributed by atoms with Gasteiger partial charge in [-0.15, -0.1) is 0 Å². The highest BCUT2D eigenvalue weighted by atomic mass is 15.2. The molecule has 3 rings (SSSR count). The van der Waals surface area contributed by atoms with E-state index in [2.05, 4.69) is 19.9 Å². The second-order valence-corrected chi connectivity index (χ2v) is 5.21. The quantitative estimate of drug-likeness (QED) is 0.686. The zero-order valence-electron chi connectivity index (χ0n) is 12.0. The van der Waals surface area contributed by atoms with Crippen LogP contribution in [0.25, 0.3) is 5.82 Å². The van der Waals surface area contributed by atoms with Crippen molar-refractivity contribution in [3.63, 3.8) is 0 Å². The Bertz CT molecular complexity index is 598. The first-order chi connectivity index (χ1) is 10.3. The maximum absolute atomic E-state index is 6.07. The molecule has 3 heterocycles. The van der Waals surface area contributed by atoms with E-state index in [0.29, 0.717) is 12.5 Å². The van der Waals surface area contributed by atoms with Gasteiger partial charge in [-0.3, -0.25) is 4.57 Å². The number of nitrogens with two attached hydrogens (primary N) is 1. The minimum atomic E-state index is 0.576. The highest BCUT2D eigenvalue weighted by Gasteiger charge is 2.11. The molecule has 0 bridgehead atoms. The lowest BCUT2D eigenvalue weighted by Gasteiger charge is -2.27. The van der Waals surface area contributed by atoms with Crippen LogP contribution < -0.4 is 5.73 Å². The molecule has 21 heavy (non-hydrogen) atoms. The van der Waals surface area contributed by atoms with Crippen molar-refractivity contribution in [2.45, 2.75) is 25.8 Å². The molecular weight excluding hydrogens is 264 g/mol. The first kappa shape index (κ1) is 13.6. The maximum atomic E-state index is 6.07. The van der Waals surface area contributed by atoms with E-state index in [4.69, 9.17) is 5.73 Å². The number of hydrogen-bond acceptors (Lipinski definition) is 3. The van der Waals surface area contributed by atoms with E-state index in [9.17, 15) is 0 Å². The molecule has 1 aliphatic heterocycles. The normalized spacial score (nSPS) is 16.2. The number of nitrogens with zero attached hydrogens (tertiary/aromatic N) is 5. The lowest BCUT2D eigenvalue weighted by molar-refractivity contribution is 0.338. The Hall–Kier alpha value is -2.37. The van der Waals surface area contributed by atoms with Crippen molar-refractivity contribution in [3.05, 3.63) is 42.6 Å². The molecule has 0 spiro atoms. The van der Waals surface area contributed by atoms with Crippen molar-refractivity contribution in [2.75, 3.05) is 13.1 Å². The number of pyridine rings is 1. The molecule has 1 aliphatic rings. The second-order valence-electron chi connectivity index (χ2n) is 5.21. The van der Waals surface area contributed by atoms with E-state index >= 15 is 0 Å². The van der Waals surface area contributed by atoms with Gasteiger partial charge in [0, 0.05) is 31.7 Å². The van der Waals surface area contributed by atoms with Crippen LogP contribution in [-0.4, -0.2) is 38.5 Å². The summed E-state index contributed by atoms with van der Waals surface area (Å²) in [6.07, 6.45) is 10.8. The molecule has 1 fully saturated rings. The molecular formula is C15H20N6. The molecule has 110 valence electrons. The van der Waals surface area contributed by atoms with Crippen molar-refractivity contribution >= 4 is 5.96 Å². The van der Waals surface area contributed by atoms with Crippen LogP contribution in [0, 0.1) is 0 Å². The van der Waals surface area contributed by atoms with Gasteiger partial charge in [0.15, 0.2) is 5.96 Å². The Labute approximate surface area is 124 Å². The van der Waals surface area contributed by atoms with E-state index in [1.165, 1.54) is 19.3 Å². The van der Waals surface area contributed by atoms with E-state index in [-0.39, 0.29) is 0 Å². The summed E-state index contributed by atoms with van der Waals surface area (Å²) in [4.78, 5) is 15.0. The molecule has 2 aromatic heterocycles. The van der Waals surface area contributed by atoms with E-state index < -0.39 is 0 Å². The number of aliphatic imine (C=N–C) groups is 1. The Morgan fingerprint density at radius 2 is 2.10 bits per heavy atom. The highest BCUT2D eigenvalue weighted by molar-refractivity contribution is 5.78. The first-order valence-corrected chi connectivity index (χ1v) is 7.31. The number of guanidine groups is 1. The summed E-state index contributed by atoms with van der Waals surface area (Å²) < 4.78 is 1.88. The zero-order chi connectivity index (χ0) is 14.5. The number of rotatable bonds is 3. The minimum Gasteiger partial charge on any atom is -0.370 e. The van der Waals surface area contributed by atoms with Crippen LogP contribution in [0.4, 0.5) is 0 Å². The number of piperidine rings is 1.